The normalized spacial score (nSPS) is 17.1. The number of aromatic carboxylic acids is 1. The van der Waals surface area contributed by atoms with E-state index in [9.17, 15) is 15.0 Å². The number of carbonyl (C=O) groups is 1. The minimum absolute atomic E-state index is 0.232. The van der Waals surface area contributed by atoms with Crippen LogP contribution in [0.25, 0.3) is 10.6 Å². The number of aliphatic hydroxyl groups is 1. The maximum Gasteiger partial charge on any atom is 0.335 e. The summed E-state index contributed by atoms with van der Waals surface area (Å²) in [7, 11) is 0. The summed E-state index contributed by atoms with van der Waals surface area (Å²) in [5.74, 6) is 0.468. The number of aromatic nitrogens is 3. The number of carboxylic acid groups (broad SMARTS) is 1. The third-order valence-corrected chi connectivity index (χ3v) is 7.52. The second kappa shape index (κ2) is 9.20. The number of hydrogen-bond donors (Lipinski definition) is 3. The molecule has 3 heterocycles. The van der Waals surface area contributed by atoms with Gasteiger partial charge in [-0.1, -0.05) is 13.0 Å². The van der Waals surface area contributed by atoms with Crippen molar-refractivity contribution >= 4 is 28.9 Å². The molecule has 4 aromatic rings. The van der Waals surface area contributed by atoms with Crippen LogP contribution in [0.2, 0.25) is 0 Å². The summed E-state index contributed by atoms with van der Waals surface area (Å²) < 4.78 is 0. The molecule has 1 aromatic carbocycles. The topological polar surface area (TPSA) is 108 Å². The van der Waals surface area contributed by atoms with Gasteiger partial charge in [-0.3, -0.25) is 0 Å². The molecule has 3 aromatic heterocycles. The highest BCUT2D eigenvalue weighted by Crippen LogP contribution is 2.43. The van der Waals surface area contributed by atoms with Crippen molar-refractivity contribution in [2.75, 3.05) is 5.32 Å². The molecule has 0 bridgehead atoms. The average Bonchev–Trinajstić information content (AvgIpc) is 3.35. The summed E-state index contributed by atoms with van der Waals surface area (Å²) in [6.07, 6.45) is 6.49. The largest absolute Gasteiger partial charge is 0.478 e. The van der Waals surface area contributed by atoms with Crippen LogP contribution in [0.3, 0.4) is 0 Å². The number of rotatable bonds is 6. The van der Waals surface area contributed by atoms with Crippen LogP contribution in [-0.2, 0) is 18.4 Å². The molecule has 0 spiro atoms. The highest BCUT2D eigenvalue weighted by molar-refractivity contribution is 7.15. The van der Waals surface area contributed by atoms with Gasteiger partial charge in [-0.2, -0.15) is 0 Å². The van der Waals surface area contributed by atoms with Crippen LogP contribution < -0.4 is 5.32 Å². The Bertz CT molecular complexity index is 1420. The lowest BCUT2D eigenvalue weighted by atomic mass is 9.79. The monoisotopic (exact) mass is 486 g/mol. The number of aryl methyl sites for hydroxylation is 3. The first-order valence-electron chi connectivity index (χ1n) is 11.6. The minimum Gasteiger partial charge on any atom is -0.478 e. The van der Waals surface area contributed by atoms with Crippen molar-refractivity contribution in [2.24, 2.45) is 0 Å². The van der Waals surface area contributed by atoms with Crippen LogP contribution >= 0.6 is 11.3 Å². The van der Waals surface area contributed by atoms with Gasteiger partial charge in [-0.05, 0) is 91.3 Å². The van der Waals surface area contributed by atoms with Gasteiger partial charge in [0.25, 0.3) is 0 Å². The zero-order valence-corrected chi connectivity index (χ0v) is 20.4. The third-order valence-electron chi connectivity index (χ3n) is 6.35. The van der Waals surface area contributed by atoms with Gasteiger partial charge in [0.2, 0.25) is 0 Å². The van der Waals surface area contributed by atoms with Crippen molar-refractivity contribution in [3.05, 3.63) is 87.7 Å². The number of anilines is 2. The van der Waals surface area contributed by atoms with Crippen LogP contribution in [0.5, 0.6) is 0 Å². The van der Waals surface area contributed by atoms with Gasteiger partial charge in [0.05, 0.1) is 16.1 Å². The van der Waals surface area contributed by atoms with E-state index in [-0.39, 0.29) is 5.56 Å². The maximum atomic E-state index is 11.7. The van der Waals surface area contributed by atoms with Gasteiger partial charge in [-0.25, -0.2) is 19.7 Å². The van der Waals surface area contributed by atoms with Gasteiger partial charge >= 0.3 is 5.97 Å². The van der Waals surface area contributed by atoms with Crippen LogP contribution in [0.1, 0.15) is 57.4 Å². The zero-order valence-electron chi connectivity index (χ0n) is 19.6. The molecular weight excluding hydrogens is 460 g/mol. The van der Waals surface area contributed by atoms with Crippen LogP contribution in [-0.4, -0.2) is 31.1 Å². The fraction of sp³-hybridized carbons (Fsp3) is 0.259. The second-order valence-electron chi connectivity index (χ2n) is 8.86. The average molecular weight is 487 g/mol. The Balaban J connectivity index is 1.47. The van der Waals surface area contributed by atoms with Crippen LogP contribution in [0.15, 0.2) is 54.9 Å². The second-order valence-corrected chi connectivity index (χ2v) is 9.89. The Kier molecular flexibility index (Phi) is 6.08. The number of nitrogens with one attached hydrogen (secondary N) is 1. The van der Waals surface area contributed by atoms with Gasteiger partial charge in [0, 0.05) is 12.4 Å². The highest BCUT2D eigenvalue weighted by Gasteiger charge is 2.39. The van der Waals surface area contributed by atoms with E-state index in [1.165, 1.54) is 16.9 Å². The lowest BCUT2D eigenvalue weighted by Crippen LogP contribution is -2.32. The molecule has 0 saturated heterocycles. The minimum atomic E-state index is -1.25. The summed E-state index contributed by atoms with van der Waals surface area (Å²) in [4.78, 5) is 26.0. The molecule has 5 rings (SSSR count). The predicted octanol–water partition coefficient (Wildman–Crippen LogP) is 5.48. The summed E-state index contributed by atoms with van der Waals surface area (Å²) in [5, 5.41) is 24.9. The Hall–Kier alpha value is -3.62. The van der Waals surface area contributed by atoms with Crippen molar-refractivity contribution in [1.82, 2.24) is 15.0 Å². The number of thiazole rings is 1. The predicted molar refractivity (Wildman–Crippen MR) is 136 cm³/mol. The number of benzene rings is 1. The molecule has 1 aliphatic rings. The lowest BCUT2D eigenvalue weighted by molar-refractivity contribution is 0.0607. The van der Waals surface area contributed by atoms with E-state index >= 15 is 0 Å². The first-order chi connectivity index (χ1) is 16.9. The maximum absolute atomic E-state index is 11.7. The fourth-order valence-electron chi connectivity index (χ4n) is 4.56. The molecule has 8 heteroatoms. The van der Waals surface area contributed by atoms with Crippen LogP contribution in [0, 0.1) is 6.92 Å². The molecule has 0 fully saturated rings. The van der Waals surface area contributed by atoms with Crippen molar-refractivity contribution in [3.63, 3.8) is 0 Å². The van der Waals surface area contributed by atoms with Crippen molar-refractivity contribution < 1.29 is 15.0 Å². The first-order valence-corrected chi connectivity index (χ1v) is 12.4. The van der Waals surface area contributed by atoms with Gasteiger partial charge in [0.15, 0.2) is 0 Å². The van der Waals surface area contributed by atoms with E-state index in [4.69, 9.17) is 4.98 Å². The number of carboxylic acids is 1. The highest BCUT2D eigenvalue weighted by atomic mass is 32.1. The SMILES string of the molecule is CCc1ccnc(Nc2cc(C)cc(-c3cnc([C@]4(O)CCCc5cc(C(=O)O)ccc54)s3)n2)c1. The van der Waals surface area contributed by atoms with Gasteiger partial charge in [0.1, 0.15) is 22.2 Å². The third kappa shape index (κ3) is 4.54. The molecule has 1 atom stereocenters. The molecule has 178 valence electrons. The molecule has 0 radical (unpaired) electrons. The summed E-state index contributed by atoms with van der Waals surface area (Å²) in [6.45, 7) is 4.12. The number of pyridine rings is 2. The number of fused-ring (bicyclic) bond motifs is 1. The van der Waals surface area contributed by atoms with Crippen molar-refractivity contribution in [1.29, 1.82) is 0 Å². The van der Waals surface area contributed by atoms with Gasteiger partial charge < -0.3 is 15.5 Å². The summed E-state index contributed by atoms with van der Waals surface area (Å²) in [6, 6.07) is 12.9. The first kappa shape index (κ1) is 23.1. The number of hydrogen-bond acceptors (Lipinski definition) is 7. The lowest BCUT2D eigenvalue weighted by Gasteiger charge is -2.33. The summed E-state index contributed by atoms with van der Waals surface area (Å²) >= 11 is 1.41. The molecule has 1 aliphatic carbocycles. The molecule has 3 N–H and O–H groups in total. The van der Waals surface area contributed by atoms with Crippen LogP contribution in [0.4, 0.5) is 11.6 Å². The van der Waals surface area contributed by atoms with E-state index in [1.807, 2.05) is 31.2 Å². The Morgan fingerprint density at radius 2 is 2.00 bits per heavy atom. The molecule has 7 nitrogen and oxygen atoms in total. The summed E-state index contributed by atoms with van der Waals surface area (Å²) in [5.41, 5.74) is 3.58. The standard InChI is InChI=1S/C27H26N4O3S/c1-3-17-8-10-28-23(13-17)31-24-12-16(2)11-21(30-24)22-15-29-26(35-22)27(34)9-4-5-18-14-19(25(32)33)6-7-20(18)27/h6-8,10-15,34H,3-5,9H2,1-2H3,(H,32,33)(H,28,30,31)/t27-/m0/s1. The molecule has 0 amide bonds. The Morgan fingerprint density at radius 1 is 1.14 bits per heavy atom. The van der Waals surface area contributed by atoms with E-state index in [0.29, 0.717) is 17.2 Å². The quantitative estimate of drug-likeness (QED) is 0.331. The Morgan fingerprint density at radius 3 is 2.80 bits per heavy atom. The van der Waals surface area contributed by atoms with E-state index in [1.54, 1.807) is 30.6 Å². The molecule has 0 saturated carbocycles. The van der Waals surface area contributed by atoms with Crippen molar-refractivity contribution in [2.45, 2.75) is 45.1 Å². The fourth-order valence-corrected chi connectivity index (χ4v) is 5.57. The zero-order chi connectivity index (χ0) is 24.6. The number of nitrogens with zero attached hydrogens (tertiary/aromatic N) is 3. The van der Waals surface area contributed by atoms with Gasteiger partial charge in [-0.15, -0.1) is 11.3 Å². The molecule has 0 aliphatic heterocycles. The molecule has 35 heavy (non-hydrogen) atoms. The van der Waals surface area contributed by atoms with Crippen molar-refractivity contribution in [3.8, 4) is 10.6 Å². The van der Waals surface area contributed by atoms with E-state index in [0.717, 1.165) is 52.3 Å². The smallest absolute Gasteiger partial charge is 0.335 e. The molecular formula is C27H26N4O3S. The Labute approximate surface area is 207 Å². The van der Waals surface area contributed by atoms with E-state index < -0.39 is 11.6 Å². The van der Waals surface area contributed by atoms with E-state index in [2.05, 4.69) is 22.2 Å². The molecule has 0 unspecified atom stereocenters.